The minimum atomic E-state index is -0.249. The van der Waals surface area contributed by atoms with Gasteiger partial charge in [0.25, 0.3) is 0 Å². The molecule has 0 aromatic heterocycles. The first kappa shape index (κ1) is 14.0. The number of hydrogen-bond acceptors (Lipinski definition) is 4. The number of nitrogens with zero attached hydrogens (tertiary/aromatic N) is 1. The Morgan fingerprint density at radius 1 is 1.39 bits per heavy atom. The molecular weight excluding hydrogens is 232 g/mol. The van der Waals surface area contributed by atoms with E-state index in [9.17, 15) is 15.0 Å². The van der Waals surface area contributed by atoms with E-state index in [1.54, 1.807) is 12.1 Å². The number of nitrogens with one attached hydrogen (secondary N) is 1. The van der Waals surface area contributed by atoms with Crippen molar-refractivity contribution in [1.82, 2.24) is 5.43 Å². The van der Waals surface area contributed by atoms with E-state index in [2.05, 4.69) is 17.5 Å². The fraction of sp³-hybridized carbons (Fsp3) is 0.385. The molecule has 0 aliphatic rings. The molecule has 0 atom stereocenters. The van der Waals surface area contributed by atoms with Gasteiger partial charge < -0.3 is 10.2 Å². The first-order valence-corrected chi connectivity index (χ1v) is 5.98. The number of rotatable bonds is 6. The van der Waals surface area contributed by atoms with Crippen LogP contribution in [0.25, 0.3) is 0 Å². The summed E-state index contributed by atoms with van der Waals surface area (Å²) in [6.45, 7) is 2.07. The molecule has 0 fully saturated rings. The van der Waals surface area contributed by atoms with Crippen LogP contribution < -0.4 is 5.43 Å². The van der Waals surface area contributed by atoms with Crippen molar-refractivity contribution in [2.75, 3.05) is 0 Å². The van der Waals surface area contributed by atoms with E-state index < -0.39 is 0 Å². The molecule has 0 bridgehead atoms. The molecular formula is C13H18N2O3. The van der Waals surface area contributed by atoms with E-state index in [1.807, 2.05) is 0 Å². The molecule has 18 heavy (non-hydrogen) atoms. The second-order valence-electron chi connectivity index (χ2n) is 3.97. The molecule has 0 saturated heterocycles. The van der Waals surface area contributed by atoms with Gasteiger partial charge in [-0.25, -0.2) is 5.43 Å². The third kappa shape index (κ3) is 4.45. The van der Waals surface area contributed by atoms with E-state index in [0.717, 1.165) is 19.3 Å². The molecule has 0 radical (unpaired) electrons. The van der Waals surface area contributed by atoms with Gasteiger partial charge in [-0.3, -0.25) is 4.79 Å². The lowest BCUT2D eigenvalue weighted by atomic mass is 10.2. The standard InChI is InChI=1S/C13H18N2O3/c1-2-3-4-8-12(17)15-14-9-10-6-5-7-11(16)13(10)18/h5-7,9,16,18H,2-4,8H2,1H3,(H,15,17)/b14-9+. The molecule has 98 valence electrons. The number of aromatic hydroxyl groups is 2. The summed E-state index contributed by atoms with van der Waals surface area (Å²) in [5.41, 5.74) is 2.73. The van der Waals surface area contributed by atoms with Crippen LogP contribution in [0.4, 0.5) is 0 Å². The number of carbonyl (C=O) groups is 1. The molecule has 3 N–H and O–H groups in total. The summed E-state index contributed by atoms with van der Waals surface area (Å²) in [6, 6.07) is 4.54. The molecule has 1 amide bonds. The average Bonchev–Trinajstić information content (AvgIpc) is 2.35. The second kappa shape index (κ2) is 7.32. The maximum atomic E-state index is 11.3. The summed E-state index contributed by atoms with van der Waals surface area (Å²) in [5, 5.41) is 22.5. The maximum absolute atomic E-state index is 11.3. The average molecular weight is 250 g/mol. The SMILES string of the molecule is CCCCCC(=O)N/N=C/c1cccc(O)c1O. The number of para-hydroxylation sites is 1. The lowest BCUT2D eigenvalue weighted by Crippen LogP contribution is -2.16. The van der Waals surface area contributed by atoms with Gasteiger partial charge in [0, 0.05) is 12.0 Å². The van der Waals surface area contributed by atoms with E-state index in [1.165, 1.54) is 12.3 Å². The topological polar surface area (TPSA) is 81.9 Å². The van der Waals surface area contributed by atoms with Gasteiger partial charge in [0.2, 0.25) is 5.91 Å². The van der Waals surface area contributed by atoms with Crippen molar-refractivity contribution in [2.24, 2.45) is 5.10 Å². The van der Waals surface area contributed by atoms with Crippen LogP contribution in [0.5, 0.6) is 11.5 Å². The fourth-order valence-electron chi connectivity index (χ4n) is 1.42. The van der Waals surface area contributed by atoms with Crippen LogP contribution in [0.1, 0.15) is 38.2 Å². The molecule has 0 spiro atoms. The van der Waals surface area contributed by atoms with Gasteiger partial charge in [-0.15, -0.1) is 0 Å². The Hall–Kier alpha value is -2.04. The van der Waals surface area contributed by atoms with E-state index in [-0.39, 0.29) is 17.4 Å². The first-order chi connectivity index (χ1) is 8.65. The number of phenols is 2. The number of carbonyl (C=O) groups excluding carboxylic acids is 1. The predicted octanol–water partition coefficient (Wildman–Crippen LogP) is 2.13. The van der Waals surface area contributed by atoms with Crippen LogP contribution >= 0.6 is 0 Å². The maximum Gasteiger partial charge on any atom is 0.240 e. The van der Waals surface area contributed by atoms with Gasteiger partial charge in [-0.05, 0) is 18.6 Å². The number of amides is 1. The smallest absolute Gasteiger partial charge is 0.240 e. The van der Waals surface area contributed by atoms with Crippen LogP contribution in [0.2, 0.25) is 0 Å². The van der Waals surface area contributed by atoms with Crippen molar-refractivity contribution in [2.45, 2.75) is 32.6 Å². The number of phenolic OH excluding ortho intramolecular Hbond substituents is 2. The number of hydrazone groups is 1. The van der Waals surface area contributed by atoms with Crippen LogP contribution in [0, 0.1) is 0 Å². The van der Waals surface area contributed by atoms with Crippen molar-refractivity contribution in [3.63, 3.8) is 0 Å². The molecule has 1 rings (SSSR count). The highest BCUT2D eigenvalue weighted by molar-refractivity contribution is 5.86. The monoisotopic (exact) mass is 250 g/mol. The molecule has 0 unspecified atom stereocenters. The second-order valence-corrected chi connectivity index (χ2v) is 3.97. The Balaban J connectivity index is 2.45. The van der Waals surface area contributed by atoms with Crippen molar-refractivity contribution in [1.29, 1.82) is 0 Å². The first-order valence-electron chi connectivity index (χ1n) is 5.98. The van der Waals surface area contributed by atoms with Gasteiger partial charge >= 0.3 is 0 Å². The molecule has 0 saturated carbocycles. The van der Waals surface area contributed by atoms with Gasteiger partial charge in [-0.2, -0.15) is 5.10 Å². The third-order valence-electron chi connectivity index (χ3n) is 2.45. The van der Waals surface area contributed by atoms with Gasteiger partial charge in [0.15, 0.2) is 11.5 Å². The van der Waals surface area contributed by atoms with Gasteiger partial charge in [0.05, 0.1) is 6.21 Å². The van der Waals surface area contributed by atoms with E-state index in [4.69, 9.17) is 0 Å². The summed E-state index contributed by atoms with van der Waals surface area (Å²) < 4.78 is 0. The molecule has 5 heteroatoms. The van der Waals surface area contributed by atoms with Crippen molar-refractivity contribution < 1.29 is 15.0 Å². The van der Waals surface area contributed by atoms with Gasteiger partial charge in [-0.1, -0.05) is 25.8 Å². The van der Waals surface area contributed by atoms with Crippen molar-refractivity contribution in [3.05, 3.63) is 23.8 Å². The predicted molar refractivity (Wildman–Crippen MR) is 69.7 cm³/mol. The highest BCUT2D eigenvalue weighted by Gasteiger charge is 2.03. The lowest BCUT2D eigenvalue weighted by Gasteiger charge is -2.01. The molecule has 5 nitrogen and oxygen atoms in total. The largest absolute Gasteiger partial charge is 0.504 e. The van der Waals surface area contributed by atoms with E-state index in [0.29, 0.717) is 12.0 Å². The van der Waals surface area contributed by atoms with Crippen LogP contribution in [0.15, 0.2) is 23.3 Å². The molecule has 1 aromatic carbocycles. The molecule has 0 aliphatic carbocycles. The molecule has 0 aliphatic heterocycles. The van der Waals surface area contributed by atoms with Gasteiger partial charge in [0.1, 0.15) is 0 Å². The normalized spacial score (nSPS) is 10.7. The van der Waals surface area contributed by atoms with E-state index >= 15 is 0 Å². The van der Waals surface area contributed by atoms with Crippen LogP contribution in [-0.4, -0.2) is 22.3 Å². The fourth-order valence-corrected chi connectivity index (χ4v) is 1.42. The summed E-state index contributed by atoms with van der Waals surface area (Å²) in [6.07, 6.45) is 4.66. The quantitative estimate of drug-likeness (QED) is 0.313. The Morgan fingerprint density at radius 3 is 2.89 bits per heavy atom. The summed E-state index contributed by atoms with van der Waals surface area (Å²) in [4.78, 5) is 11.3. The summed E-state index contributed by atoms with van der Waals surface area (Å²) in [7, 11) is 0. The molecule has 1 aromatic rings. The van der Waals surface area contributed by atoms with Crippen molar-refractivity contribution >= 4 is 12.1 Å². The number of unbranched alkanes of at least 4 members (excludes halogenated alkanes) is 2. The zero-order valence-corrected chi connectivity index (χ0v) is 10.4. The summed E-state index contributed by atoms with van der Waals surface area (Å²) >= 11 is 0. The van der Waals surface area contributed by atoms with Crippen LogP contribution in [0.3, 0.4) is 0 Å². The number of benzene rings is 1. The Kier molecular flexibility index (Phi) is 5.70. The Morgan fingerprint density at radius 2 is 2.17 bits per heavy atom. The van der Waals surface area contributed by atoms with Crippen LogP contribution in [-0.2, 0) is 4.79 Å². The minimum Gasteiger partial charge on any atom is -0.504 e. The minimum absolute atomic E-state index is 0.153. The van der Waals surface area contributed by atoms with Crippen molar-refractivity contribution in [3.8, 4) is 11.5 Å². The zero-order valence-electron chi connectivity index (χ0n) is 10.4. The number of hydrogen-bond donors (Lipinski definition) is 3. The zero-order chi connectivity index (χ0) is 13.4. The molecule has 0 heterocycles. The lowest BCUT2D eigenvalue weighted by molar-refractivity contribution is -0.121. The summed E-state index contributed by atoms with van der Waals surface area (Å²) in [5.74, 6) is -0.617. The Labute approximate surface area is 106 Å². The highest BCUT2D eigenvalue weighted by Crippen LogP contribution is 2.26. The highest BCUT2D eigenvalue weighted by atomic mass is 16.3. The Bertz CT molecular complexity index is 430. The third-order valence-corrected chi connectivity index (χ3v) is 2.45.